The van der Waals surface area contributed by atoms with E-state index in [-0.39, 0.29) is 18.4 Å². The van der Waals surface area contributed by atoms with Gasteiger partial charge in [0.1, 0.15) is 0 Å². The van der Waals surface area contributed by atoms with E-state index in [0.717, 1.165) is 12.2 Å². The van der Waals surface area contributed by atoms with Crippen LogP contribution in [0.25, 0.3) is 0 Å². The van der Waals surface area contributed by atoms with E-state index in [1.807, 2.05) is 6.26 Å². The first-order valence-electron chi connectivity index (χ1n) is 7.07. The van der Waals surface area contributed by atoms with Crippen molar-refractivity contribution in [3.05, 3.63) is 0 Å². The first kappa shape index (κ1) is 19.1. The number of aliphatic carboxylic acids is 1. The molecule has 0 aromatic rings. The highest BCUT2D eigenvalue weighted by molar-refractivity contribution is 7.98. The predicted octanol–water partition coefficient (Wildman–Crippen LogP) is 2.42. The third-order valence-electron chi connectivity index (χ3n) is 2.88. The quantitative estimate of drug-likeness (QED) is 0.579. The van der Waals surface area contributed by atoms with Gasteiger partial charge in [-0.25, -0.2) is 4.79 Å². The predicted molar refractivity (Wildman–Crippen MR) is 84.1 cm³/mol. The molecule has 20 heavy (non-hydrogen) atoms. The van der Waals surface area contributed by atoms with Gasteiger partial charge in [-0.3, -0.25) is 4.79 Å². The number of carbonyl (C=O) groups is 2. The van der Waals surface area contributed by atoms with Crippen molar-refractivity contribution in [3.8, 4) is 0 Å². The van der Waals surface area contributed by atoms with Gasteiger partial charge in [-0.2, -0.15) is 11.8 Å². The molecule has 0 spiro atoms. The van der Waals surface area contributed by atoms with Gasteiger partial charge in [0, 0.05) is 19.5 Å². The van der Waals surface area contributed by atoms with Crippen LogP contribution in [0.3, 0.4) is 0 Å². The number of rotatable bonds is 10. The summed E-state index contributed by atoms with van der Waals surface area (Å²) in [5.74, 6) is 1.04. The summed E-state index contributed by atoms with van der Waals surface area (Å²) < 4.78 is 0. The van der Waals surface area contributed by atoms with E-state index < -0.39 is 5.97 Å². The van der Waals surface area contributed by atoms with Crippen LogP contribution in [0.15, 0.2) is 0 Å². The van der Waals surface area contributed by atoms with Crippen molar-refractivity contribution in [2.24, 2.45) is 17.8 Å². The third-order valence-corrected chi connectivity index (χ3v) is 3.78. The Morgan fingerprint density at radius 1 is 1.15 bits per heavy atom. The van der Waals surface area contributed by atoms with Crippen LogP contribution in [0.1, 0.15) is 33.6 Å². The number of carbonyl (C=O) groups excluding carboxylic acids is 1. The lowest BCUT2D eigenvalue weighted by Gasteiger charge is -2.18. The molecule has 0 bridgehead atoms. The first-order chi connectivity index (χ1) is 9.35. The second kappa shape index (κ2) is 10.8. The number of carboxylic acids is 1. The largest absolute Gasteiger partial charge is 0.481 e. The average Bonchev–Trinajstić information content (AvgIpc) is 2.32. The fourth-order valence-corrected chi connectivity index (χ4v) is 2.75. The van der Waals surface area contributed by atoms with Crippen LogP contribution in [0, 0.1) is 17.8 Å². The summed E-state index contributed by atoms with van der Waals surface area (Å²) in [4.78, 5) is 22.4. The van der Waals surface area contributed by atoms with E-state index in [1.54, 1.807) is 11.8 Å². The lowest BCUT2D eigenvalue weighted by Crippen LogP contribution is -2.40. The lowest BCUT2D eigenvalue weighted by molar-refractivity contribution is -0.138. The number of hydrogen-bond donors (Lipinski definition) is 3. The van der Waals surface area contributed by atoms with E-state index >= 15 is 0 Å². The van der Waals surface area contributed by atoms with Crippen molar-refractivity contribution in [1.29, 1.82) is 0 Å². The molecule has 1 unspecified atom stereocenters. The van der Waals surface area contributed by atoms with Gasteiger partial charge in [0.15, 0.2) is 0 Å². The van der Waals surface area contributed by atoms with E-state index in [2.05, 4.69) is 31.4 Å². The number of carboxylic acid groups (broad SMARTS) is 1. The molecule has 0 heterocycles. The molecule has 0 rings (SSSR count). The molecule has 0 aliphatic carbocycles. The molecule has 0 fully saturated rings. The van der Waals surface area contributed by atoms with Crippen molar-refractivity contribution in [2.45, 2.75) is 33.6 Å². The van der Waals surface area contributed by atoms with E-state index in [4.69, 9.17) is 5.11 Å². The van der Waals surface area contributed by atoms with E-state index in [1.165, 1.54) is 0 Å². The Labute approximate surface area is 126 Å². The molecule has 0 radical (unpaired) electrons. The number of thioether (sulfide) groups is 1. The number of amides is 2. The third kappa shape index (κ3) is 11.0. The van der Waals surface area contributed by atoms with Crippen molar-refractivity contribution >= 4 is 23.8 Å². The summed E-state index contributed by atoms with van der Waals surface area (Å²) in [5, 5.41) is 14.5. The maximum absolute atomic E-state index is 11.7. The number of nitrogens with one attached hydrogen (secondary N) is 2. The topological polar surface area (TPSA) is 78.4 Å². The Balaban J connectivity index is 4.00. The molecule has 0 aromatic carbocycles. The van der Waals surface area contributed by atoms with Crippen molar-refractivity contribution < 1.29 is 14.7 Å². The Morgan fingerprint density at radius 3 is 2.25 bits per heavy atom. The molecular weight excluding hydrogens is 276 g/mol. The zero-order chi connectivity index (χ0) is 15.5. The van der Waals surface area contributed by atoms with Gasteiger partial charge in [0.25, 0.3) is 0 Å². The summed E-state index contributed by atoms with van der Waals surface area (Å²) >= 11 is 1.76. The molecule has 5 nitrogen and oxygen atoms in total. The summed E-state index contributed by atoms with van der Waals surface area (Å²) in [6, 6.07) is -0.211. The molecule has 0 saturated carbocycles. The normalized spacial score (nSPS) is 13.8. The minimum atomic E-state index is -0.813. The molecule has 3 N–H and O–H groups in total. The molecule has 118 valence electrons. The minimum Gasteiger partial charge on any atom is -0.481 e. The van der Waals surface area contributed by atoms with Gasteiger partial charge in [0.2, 0.25) is 0 Å². The highest BCUT2D eigenvalue weighted by Crippen LogP contribution is 2.14. The maximum Gasteiger partial charge on any atom is 0.314 e. The fraction of sp³-hybridized carbons (Fsp3) is 0.857. The zero-order valence-electron chi connectivity index (χ0n) is 12.9. The SMILES string of the molecule is CSCC(C)CNC(=O)NC[C@H](CC(=O)O)CC(C)C. The standard InChI is InChI=1S/C14H28N2O3S/c1-10(2)5-12(6-13(17)18)8-16-14(19)15-7-11(3)9-20-4/h10-12H,5-9H2,1-4H3,(H,17,18)(H2,15,16,19)/t11?,12-/m0/s1. The second-order valence-electron chi connectivity index (χ2n) is 5.74. The monoisotopic (exact) mass is 304 g/mol. The number of urea groups is 1. The Kier molecular flexibility index (Phi) is 10.3. The van der Waals surface area contributed by atoms with Gasteiger partial charge >= 0.3 is 12.0 Å². The Hall–Kier alpha value is -0.910. The van der Waals surface area contributed by atoms with E-state index in [9.17, 15) is 9.59 Å². The molecular formula is C14H28N2O3S. The Bertz CT molecular complexity index is 298. The molecule has 6 heteroatoms. The van der Waals surface area contributed by atoms with Gasteiger partial charge in [0.05, 0.1) is 0 Å². The highest BCUT2D eigenvalue weighted by Gasteiger charge is 2.16. The molecule has 0 aliphatic rings. The van der Waals surface area contributed by atoms with Gasteiger partial charge in [-0.05, 0) is 36.2 Å². The van der Waals surface area contributed by atoms with Crippen LogP contribution in [-0.2, 0) is 4.79 Å². The first-order valence-corrected chi connectivity index (χ1v) is 8.46. The molecule has 0 aromatic heterocycles. The minimum absolute atomic E-state index is 0.0122. The van der Waals surface area contributed by atoms with Gasteiger partial charge < -0.3 is 15.7 Å². The highest BCUT2D eigenvalue weighted by atomic mass is 32.2. The molecule has 2 atom stereocenters. The fourth-order valence-electron chi connectivity index (χ4n) is 2.06. The van der Waals surface area contributed by atoms with Crippen LogP contribution in [0.2, 0.25) is 0 Å². The average molecular weight is 304 g/mol. The van der Waals surface area contributed by atoms with Crippen LogP contribution in [-0.4, -0.2) is 42.2 Å². The molecule has 2 amide bonds. The number of hydrogen-bond acceptors (Lipinski definition) is 3. The van der Waals surface area contributed by atoms with Crippen molar-refractivity contribution in [2.75, 3.05) is 25.1 Å². The van der Waals surface area contributed by atoms with E-state index in [0.29, 0.717) is 24.9 Å². The summed E-state index contributed by atoms with van der Waals surface area (Å²) in [5.41, 5.74) is 0. The van der Waals surface area contributed by atoms with Gasteiger partial charge in [-0.1, -0.05) is 20.8 Å². The summed E-state index contributed by atoms with van der Waals surface area (Å²) in [6.45, 7) is 7.24. The summed E-state index contributed by atoms with van der Waals surface area (Å²) in [7, 11) is 0. The van der Waals surface area contributed by atoms with Gasteiger partial charge in [-0.15, -0.1) is 0 Å². The lowest BCUT2D eigenvalue weighted by atomic mass is 9.94. The van der Waals surface area contributed by atoms with Crippen molar-refractivity contribution in [3.63, 3.8) is 0 Å². The smallest absolute Gasteiger partial charge is 0.314 e. The van der Waals surface area contributed by atoms with Crippen LogP contribution in [0.4, 0.5) is 4.79 Å². The van der Waals surface area contributed by atoms with Crippen LogP contribution >= 0.6 is 11.8 Å². The van der Waals surface area contributed by atoms with Crippen LogP contribution < -0.4 is 10.6 Å². The summed E-state index contributed by atoms with van der Waals surface area (Å²) in [6.07, 6.45) is 2.94. The maximum atomic E-state index is 11.7. The molecule has 0 saturated heterocycles. The zero-order valence-corrected chi connectivity index (χ0v) is 13.8. The Morgan fingerprint density at radius 2 is 1.75 bits per heavy atom. The van der Waals surface area contributed by atoms with Crippen LogP contribution in [0.5, 0.6) is 0 Å². The molecule has 0 aliphatic heterocycles. The second-order valence-corrected chi connectivity index (χ2v) is 6.66. The van der Waals surface area contributed by atoms with Crippen molar-refractivity contribution in [1.82, 2.24) is 10.6 Å².